The lowest BCUT2D eigenvalue weighted by molar-refractivity contribution is -0.128. The van der Waals surface area contributed by atoms with E-state index in [1.54, 1.807) is 11.3 Å². The monoisotopic (exact) mass is 288 g/mol. The average molecular weight is 289 g/mol. The van der Waals surface area contributed by atoms with Gasteiger partial charge in [0.1, 0.15) is 0 Å². The Balaban J connectivity index is 2.35. The predicted octanol–water partition coefficient (Wildman–Crippen LogP) is 2.13. The van der Waals surface area contributed by atoms with E-state index in [0.29, 0.717) is 6.42 Å². The summed E-state index contributed by atoms with van der Waals surface area (Å²) in [6.45, 7) is 2.71. The zero-order valence-corrected chi connectivity index (χ0v) is 10.8. The number of nitrogens with zero attached hydrogens (tertiary/aromatic N) is 1. The van der Waals surface area contributed by atoms with Crippen molar-refractivity contribution < 1.29 is 4.79 Å². The molecule has 0 radical (unpaired) electrons. The number of hydrogen-bond donors (Lipinski definition) is 1. The van der Waals surface area contributed by atoms with E-state index in [-0.39, 0.29) is 18.0 Å². The summed E-state index contributed by atoms with van der Waals surface area (Å²) in [4.78, 5) is 14.7. The molecule has 2 atom stereocenters. The predicted molar refractivity (Wildman–Crippen MR) is 64.7 cm³/mol. The van der Waals surface area contributed by atoms with Crippen molar-refractivity contribution >= 4 is 33.2 Å². The summed E-state index contributed by atoms with van der Waals surface area (Å²) in [5.74, 6) is 0.162. The number of carbonyl (C=O) groups excluding carboxylic acids is 1. The van der Waals surface area contributed by atoms with Crippen LogP contribution in [0.1, 0.15) is 24.3 Å². The molecule has 82 valence electrons. The average Bonchev–Trinajstić information content (AvgIpc) is 2.70. The molecule has 5 heteroatoms. The van der Waals surface area contributed by atoms with Crippen molar-refractivity contribution in [2.45, 2.75) is 25.4 Å². The minimum atomic E-state index is -0.0765. The second-order valence-electron chi connectivity index (χ2n) is 3.63. The van der Waals surface area contributed by atoms with E-state index in [1.165, 1.54) is 0 Å². The third kappa shape index (κ3) is 1.84. The number of amides is 1. The van der Waals surface area contributed by atoms with Gasteiger partial charge >= 0.3 is 0 Å². The van der Waals surface area contributed by atoms with Gasteiger partial charge in [-0.2, -0.15) is 0 Å². The molecule has 2 rings (SSSR count). The molecule has 2 unspecified atom stereocenters. The van der Waals surface area contributed by atoms with E-state index in [2.05, 4.69) is 15.9 Å². The van der Waals surface area contributed by atoms with E-state index >= 15 is 0 Å². The second kappa shape index (κ2) is 4.23. The fourth-order valence-electron chi connectivity index (χ4n) is 2.04. The molecule has 0 aromatic carbocycles. The summed E-state index contributed by atoms with van der Waals surface area (Å²) >= 11 is 5.15. The highest BCUT2D eigenvalue weighted by Crippen LogP contribution is 2.38. The standard InChI is InChI=1S/C10H13BrN2OS/c1-2-13-8(14)5-7(12)9(13)10-6(11)3-4-15-10/h3-4,7,9H,2,5,12H2,1H3. The van der Waals surface area contributed by atoms with E-state index in [0.717, 1.165) is 15.9 Å². The molecule has 1 aromatic rings. The lowest BCUT2D eigenvalue weighted by atomic mass is 10.1. The van der Waals surface area contributed by atoms with Gasteiger partial charge in [0.2, 0.25) is 5.91 Å². The molecule has 1 aliphatic heterocycles. The normalized spacial score (nSPS) is 26.3. The number of hydrogen-bond acceptors (Lipinski definition) is 3. The molecule has 0 spiro atoms. The fourth-order valence-corrected chi connectivity index (χ4v) is 3.84. The molecule has 1 aliphatic rings. The van der Waals surface area contributed by atoms with Crippen molar-refractivity contribution in [3.8, 4) is 0 Å². The Morgan fingerprint density at radius 1 is 1.73 bits per heavy atom. The SMILES string of the molecule is CCN1C(=O)CC(N)C1c1sccc1Br. The summed E-state index contributed by atoms with van der Waals surface area (Å²) in [6.07, 6.45) is 0.461. The molecular weight excluding hydrogens is 276 g/mol. The molecule has 15 heavy (non-hydrogen) atoms. The van der Waals surface area contributed by atoms with Crippen LogP contribution in [0, 0.1) is 0 Å². The number of rotatable bonds is 2. The van der Waals surface area contributed by atoms with Crippen molar-refractivity contribution in [2.75, 3.05) is 6.54 Å². The van der Waals surface area contributed by atoms with Crippen molar-refractivity contribution in [3.63, 3.8) is 0 Å². The third-order valence-corrected chi connectivity index (χ3v) is 4.67. The van der Waals surface area contributed by atoms with Crippen LogP contribution in [0.5, 0.6) is 0 Å². The maximum atomic E-state index is 11.7. The van der Waals surface area contributed by atoms with Gasteiger partial charge in [-0.3, -0.25) is 4.79 Å². The summed E-state index contributed by atoms with van der Waals surface area (Å²) in [7, 11) is 0. The Morgan fingerprint density at radius 3 is 3.00 bits per heavy atom. The third-order valence-electron chi connectivity index (χ3n) is 2.73. The Morgan fingerprint density at radius 2 is 2.47 bits per heavy atom. The topological polar surface area (TPSA) is 46.3 Å². The van der Waals surface area contributed by atoms with Crippen LogP contribution in [0.2, 0.25) is 0 Å². The molecule has 2 heterocycles. The molecule has 1 aromatic heterocycles. The van der Waals surface area contributed by atoms with Crippen molar-refractivity contribution in [1.82, 2.24) is 4.90 Å². The molecule has 0 aliphatic carbocycles. The van der Waals surface area contributed by atoms with Crippen LogP contribution >= 0.6 is 27.3 Å². The maximum Gasteiger partial charge on any atom is 0.224 e. The highest BCUT2D eigenvalue weighted by atomic mass is 79.9. The van der Waals surface area contributed by atoms with Gasteiger partial charge in [-0.15, -0.1) is 11.3 Å². The number of likely N-dealkylation sites (tertiary alicyclic amines) is 1. The minimum Gasteiger partial charge on any atom is -0.333 e. The van der Waals surface area contributed by atoms with Gasteiger partial charge < -0.3 is 10.6 Å². The van der Waals surface area contributed by atoms with E-state index in [9.17, 15) is 4.79 Å². The Kier molecular flexibility index (Phi) is 3.13. The minimum absolute atomic E-state index is 0.0527. The number of likely N-dealkylation sites (N-methyl/N-ethyl adjacent to an activating group) is 1. The van der Waals surface area contributed by atoms with Gasteiger partial charge in [-0.1, -0.05) is 0 Å². The lowest BCUT2D eigenvalue weighted by Crippen LogP contribution is -2.32. The molecule has 2 N–H and O–H groups in total. The zero-order valence-electron chi connectivity index (χ0n) is 8.44. The highest BCUT2D eigenvalue weighted by molar-refractivity contribution is 9.10. The van der Waals surface area contributed by atoms with Crippen LogP contribution < -0.4 is 5.73 Å². The first-order valence-electron chi connectivity index (χ1n) is 4.93. The molecule has 0 saturated carbocycles. The molecular formula is C10H13BrN2OS. The van der Waals surface area contributed by atoms with Crippen LogP contribution in [0.25, 0.3) is 0 Å². The van der Waals surface area contributed by atoms with Crippen LogP contribution in [0.15, 0.2) is 15.9 Å². The molecule has 3 nitrogen and oxygen atoms in total. The van der Waals surface area contributed by atoms with Crippen molar-refractivity contribution in [1.29, 1.82) is 0 Å². The fraction of sp³-hybridized carbons (Fsp3) is 0.500. The van der Waals surface area contributed by atoms with Gasteiger partial charge in [0.15, 0.2) is 0 Å². The molecule has 0 bridgehead atoms. The van der Waals surface area contributed by atoms with Crippen LogP contribution in [0.4, 0.5) is 0 Å². The van der Waals surface area contributed by atoms with Gasteiger partial charge in [0.05, 0.1) is 6.04 Å². The first-order valence-corrected chi connectivity index (χ1v) is 6.60. The second-order valence-corrected chi connectivity index (χ2v) is 5.43. The van der Waals surface area contributed by atoms with Crippen LogP contribution in [-0.2, 0) is 4.79 Å². The zero-order chi connectivity index (χ0) is 11.0. The quantitative estimate of drug-likeness (QED) is 0.906. The summed E-state index contributed by atoms with van der Waals surface area (Å²) < 4.78 is 1.06. The maximum absolute atomic E-state index is 11.7. The van der Waals surface area contributed by atoms with Gasteiger partial charge in [-0.25, -0.2) is 0 Å². The summed E-state index contributed by atoms with van der Waals surface area (Å²) in [5.41, 5.74) is 6.02. The van der Waals surface area contributed by atoms with E-state index in [1.807, 2.05) is 23.3 Å². The summed E-state index contributed by atoms with van der Waals surface area (Å²) in [5, 5.41) is 2.02. The Bertz CT molecular complexity index is 379. The van der Waals surface area contributed by atoms with E-state index in [4.69, 9.17) is 5.73 Å². The smallest absolute Gasteiger partial charge is 0.224 e. The molecule has 1 saturated heterocycles. The van der Waals surface area contributed by atoms with Crippen molar-refractivity contribution in [3.05, 3.63) is 20.8 Å². The van der Waals surface area contributed by atoms with Crippen molar-refractivity contribution in [2.24, 2.45) is 5.73 Å². The largest absolute Gasteiger partial charge is 0.333 e. The first-order chi connectivity index (χ1) is 7.15. The first kappa shape index (κ1) is 11.1. The molecule has 1 fully saturated rings. The van der Waals surface area contributed by atoms with Gasteiger partial charge in [0, 0.05) is 28.4 Å². The Hall–Kier alpha value is -0.390. The van der Waals surface area contributed by atoms with E-state index < -0.39 is 0 Å². The van der Waals surface area contributed by atoms with Crippen LogP contribution in [-0.4, -0.2) is 23.4 Å². The molecule has 1 amide bonds. The Labute approximate surface area is 101 Å². The number of carbonyl (C=O) groups is 1. The van der Waals surface area contributed by atoms with Gasteiger partial charge in [0.25, 0.3) is 0 Å². The highest BCUT2D eigenvalue weighted by Gasteiger charge is 2.39. The number of nitrogens with two attached hydrogens (primary N) is 1. The van der Waals surface area contributed by atoms with Crippen LogP contribution in [0.3, 0.4) is 0 Å². The number of thiophene rings is 1. The van der Waals surface area contributed by atoms with Gasteiger partial charge in [-0.05, 0) is 34.3 Å². The lowest BCUT2D eigenvalue weighted by Gasteiger charge is -2.25. The number of halogens is 1. The summed E-state index contributed by atoms with van der Waals surface area (Å²) in [6, 6.07) is 1.98.